The highest BCUT2D eigenvalue weighted by Crippen LogP contribution is 2.17. The summed E-state index contributed by atoms with van der Waals surface area (Å²) in [5.74, 6) is 1.11. The van der Waals surface area contributed by atoms with Crippen LogP contribution in [0.4, 0.5) is 5.69 Å². The fourth-order valence-electron chi connectivity index (χ4n) is 1.33. The minimum absolute atomic E-state index is 0.00545. The quantitative estimate of drug-likeness (QED) is 0.790. The number of unbranched alkanes of at least 4 members (excludes halogenated alkanes) is 1. The third-order valence-corrected chi connectivity index (χ3v) is 3.75. The van der Waals surface area contributed by atoms with E-state index in [-0.39, 0.29) is 11.2 Å². The predicted octanol–water partition coefficient (Wildman–Crippen LogP) is 3.25. The normalized spacial score (nSPS) is 12.2. The lowest BCUT2D eigenvalue weighted by Crippen LogP contribution is -2.23. The van der Waals surface area contributed by atoms with Gasteiger partial charge in [0.15, 0.2) is 0 Å². The number of thioether (sulfide) groups is 1. The molecule has 0 fully saturated rings. The first-order chi connectivity index (χ1) is 8.15. The van der Waals surface area contributed by atoms with Gasteiger partial charge >= 0.3 is 0 Å². The first-order valence-electron chi connectivity index (χ1n) is 5.98. The lowest BCUT2D eigenvalue weighted by atomic mass is 10.2. The SMILES string of the molecule is CCCCS[C@H](C)C(=O)Nc1ccncc1C. The molecule has 1 aromatic rings. The molecule has 0 bridgehead atoms. The third-order valence-electron chi connectivity index (χ3n) is 2.51. The van der Waals surface area contributed by atoms with Crippen LogP contribution in [0.3, 0.4) is 0 Å². The molecule has 0 aliphatic rings. The molecule has 0 radical (unpaired) electrons. The number of nitrogens with one attached hydrogen (secondary N) is 1. The van der Waals surface area contributed by atoms with Crippen LogP contribution >= 0.6 is 11.8 Å². The Bertz CT molecular complexity index is 368. The van der Waals surface area contributed by atoms with Crippen LogP contribution in [0.15, 0.2) is 18.5 Å². The van der Waals surface area contributed by atoms with Gasteiger partial charge in [-0.05, 0) is 37.7 Å². The van der Waals surface area contributed by atoms with Crippen molar-refractivity contribution in [3.63, 3.8) is 0 Å². The lowest BCUT2D eigenvalue weighted by Gasteiger charge is -2.12. The first-order valence-corrected chi connectivity index (χ1v) is 7.03. The van der Waals surface area contributed by atoms with Crippen LogP contribution < -0.4 is 5.32 Å². The second-order valence-corrected chi connectivity index (χ2v) is 5.50. The Hall–Kier alpha value is -1.03. The van der Waals surface area contributed by atoms with Gasteiger partial charge in [-0.15, -0.1) is 11.8 Å². The van der Waals surface area contributed by atoms with Gasteiger partial charge in [0.2, 0.25) is 5.91 Å². The molecule has 1 rings (SSSR count). The van der Waals surface area contributed by atoms with E-state index in [1.54, 1.807) is 24.2 Å². The smallest absolute Gasteiger partial charge is 0.237 e. The molecule has 1 amide bonds. The Labute approximate surface area is 107 Å². The molecule has 0 saturated carbocycles. The topological polar surface area (TPSA) is 42.0 Å². The summed E-state index contributed by atoms with van der Waals surface area (Å²) in [6.07, 6.45) is 5.78. The average molecular weight is 252 g/mol. The zero-order chi connectivity index (χ0) is 12.7. The number of carbonyl (C=O) groups excluding carboxylic acids is 1. The molecule has 4 heteroatoms. The second kappa shape index (κ2) is 7.33. The van der Waals surface area contributed by atoms with Crippen molar-refractivity contribution in [2.45, 2.75) is 38.9 Å². The number of hydrogen-bond donors (Lipinski definition) is 1. The average Bonchev–Trinajstić information content (AvgIpc) is 2.32. The highest BCUT2D eigenvalue weighted by atomic mass is 32.2. The highest BCUT2D eigenvalue weighted by Gasteiger charge is 2.13. The molecular formula is C13H20N2OS. The Morgan fingerprint density at radius 1 is 1.59 bits per heavy atom. The van der Waals surface area contributed by atoms with E-state index >= 15 is 0 Å². The molecule has 17 heavy (non-hydrogen) atoms. The molecule has 0 saturated heterocycles. The van der Waals surface area contributed by atoms with Gasteiger partial charge in [-0.1, -0.05) is 13.3 Å². The number of aromatic nitrogens is 1. The van der Waals surface area contributed by atoms with Gasteiger partial charge in [0.05, 0.1) is 5.25 Å². The minimum Gasteiger partial charge on any atom is -0.325 e. The number of rotatable bonds is 6. The molecular weight excluding hydrogens is 232 g/mol. The Kier molecular flexibility index (Phi) is 6.05. The largest absolute Gasteiger partial charge is 0.325 e. The summed E-state index contributed by atoms with van der Waals surface area (Å²) < 4.78 is 0. The molecule has 1 aromatic heterocycles. The van der Waals surface area contributed by atoms with Crippen molar-refractivity contribution in [3.05, 3.63) is 24.0 Å². The van der Waals surface area contributed by atoms with Crippen molar-refractivity contribution in [1.29, 1.82) is 0 Å². The van der Waals surface area contributed by atoms with Gasteiger partial charge in [-0.25, -0.2) is 0 Å². The Morgan fingerprint density at radius 3 is 3.00 bits per heavy atom. The van der Waals surface area contributed by atoms with Crippen molar-refractivity contribution in [1.82, 2.24) is 4.98 Å². The van der Waals surface area contributed by atoms with Crippen LogP contribution in [-0.2, 0) is 4.79 Å². The number of carbonyl (C=O) groups is 1. The van der Waals surface area contributed by atoms with Gasteiger partial charge in [0.1, 0.15) is 0 Å². The van der Waals surface area contributed by atoms with Crippen molar-refractivity contribution in [2.24, 2.45) is 0 Å². The Morgan fingerprint density at radius 2 is 2.35 bits per heavy atom. The van der Waals surface area contributed by atoms with Crippen LogP contribution in [-0.4, -0.2) is 21.9 Å². The Balaban J connectivity index is 2.46. The molecule has 1 atom stereocenters. The van der Waals surface area contributed by atoms with E-state index in [1.807, 2.05) is 19.9 Å². The van der Waals surface area contributed by atoms with Crippen molar-refractivity contribution in [2.75, 3.05) is 11.1 Å². The van der Waals surface area contributed by atoms with Gasteiger partial charge in [-0.3, -0.25) is 9.78 Å². The molecule has 0 aromatic carbocycles. The van der Waals surface area contributed by atoms with Crippen molar-refractivity contribution >= 4 is 23.4 Å². The summed E-state index contributed by atoms with van der Waals surface area (Å²) in [4.78, 5) is 15.9. The number of anilines is 1. The van der Waals surface area contributed by atoms with E-state index in [4.69, 9.17) is 0 Å². The maximum absolute atomic E-state index is 11.9. The van der Waals surface area contributed by atoms with Gasteiger partial charge < -0.3 is 5.32 Å². The zero-order valence-corrected chi connectivity index (χ0v) is 11.5. The van der Waals surface area contributed by atoms with E-state index in [1.165, 1.54) is 6.42 Å². The monoisotopic (exact) mass is 252 g/mol. The van der Waals surface area contributed by atoms with Gasteiger partial charge in [-0.2, -0.15) is 0 Å². The summed E-state index contributed by atoms with van der Waals surface area (Å²) in [6.45, 7) is 6.05. The fourth-order valence-corrected chi connectivity index (χ4v) is 2.35. The van der Waals surface area contributed by atoms with E-state index in [0.29, 0.717) is 0 Å². The van der Waals surface area contributed by atoms with Crippen LogP contribution in [0.5, 0.6) is 0 Å². The number of hydrogen-bond acceptors (Lipinski definition) is 3. The molecule has 1 N–H and O–H groups in total. The van der Waals surface area contributed by atoms with Crippen LogP contribution in [0.1, 0.15) is 32.3 Å². The molecule has 0 aliphatic heterocycles. The number of pyridine rings is 1. The summed E-state index contributed by atoms with van der Waals surface area (Å²) >= 11 is 1.71. The highest BCUT2D eigenvalue weighted by molar-refractivity contribution is 8.00. The standard InChI is InChI=1S/C13H20N2OS/c1-4-5-8-17-11(3)13(16)15-12-6-7-14-9-10(12)2/h6-7,9,11H,4-5,8H2,1-3H3,(H,14,15,16)/t11-/m1/s1. The van der Waals surface area contributed by atoms with Crippen molar-refractivity contribution in [3.8, 4) is 0 Å². The predicted molar refractivity (Wildman–Crippen MR) is 74.4 cm³/mol. The fraction of sp³-hybridized carbons (Fsp3) is 0.538. The van der Waals surface area contributed by atoms with Crippen LogP contribution in [0, 0.1) is 6.92 Å². The molecule has 0 unspecified atom stereocenters. The van der Waals surface area contributed by atoms with Crippen molar-refractivity contribution < 1.29 is 4.79 Å². The minimum atomic E-state index is -0.00545. The van der Waals surface area contributed by atoms with E-state index in [9.17, 15) is 4.79 Å². The molecule has 1 heterocycles. The summed E-state index contributed by atoms with van der Waals surface area (Å²) in [5.41, 5.74) is 1.85. The maximum atomic E-state index is 11.9. The summed E-state index contributed by atoms with van der Waals surface area (Å²) in [5, 5.41) is 2.93. The number of aryl methyl sites for hydroxylation is 1. The van der Waals surface area contributed by atoms with E-state index in [0.717, 1.165) is 23.4 Å². The van der Waals surface area contributed by atoms with E-state index in [2.05, 4.69) is 17.2 Å². The number of nitrogens with zero attached hydrogens (tertiary/aromatic N) is 1. The second-order valence-electron chi connectivity index (χ2n) is 4.05. The first kappa shape index (κ1) is 14.0. The molecule has 3 nitrogen and oxygen atoms in total. The molecule has 0 aliphatic carbocycles. The third kappa shape index (κ3) is 4.77. The van der Waals surface area contributed by atoms with E-state index < -0.39 is 0 Å². The maximum Gasteiger partial charge on any atom is 0.237 e. The lowest BCUT2D eigenvalue weighted by molar-refractivity contribution is -0.115. The molecule has 0 spiro atoms. The molecule has 94 valence electrons. The van der Waals surface area contributed by atoms with Gasteiger partial charge in [0, 0.05) is 18.1 Å². The van der Waals surface area contributed by atoms with Crippen LogP contribution in [0.25, 0.3) is 0 Å². The van der Waals surface area contributed by atoms with Gasteiger partial charge in [0.25, 0.3) is 0 Å². The summed E-state index contributed by atoms with van der Waals surface area (Å²) in [7, 11) is 0. The zero-order valence-electron chi connectivity index (χ0n) is 10.7. The number of amides is 1. The summed E-state index contributed by atoms with van der Waals surface area (Å²) in [6, 6.07) is 1.83. The van der Waals surface area contributed by atoms with Crippen LogP contribution in [0.2, 0.25) is 0 Å².